The summed E-state index contributed by atoms with van der Waals surface area (Å²) in [5.74, 6) is 1.21. The number of halogens is 1. The number of aromatic hydroxyl groups is 1. The van der Waals surface area contributed by atoms with Crippen LogP contribution < -0.4 is 0 Å². The van der Waals surface area contributed by atoms with Crippen LogP contribution in [-0.2, 0) is 11.2 Å². The Morgan fingerprint density at radius 1 is 1.33 bits per heavy atom. The molecule has 0 aliphatic rings. The van der Waals surface area contributed by atoms with Crippen LogP contribution in [0.2, 0.25) is 0 Å². The molecular weight excluding hydrogens is 272 g/mol. The second-order valence-corrected chi connectivity index (χ2v) is 6.37. The monoisotopic (exact) mass is 288 g/mol. The fraction of sp³-hybridized carbons (Fsp3) is 0.500. The molecule has 84 valence electrons. The molecule has 0 saturated carbocycles. The Balaban J connectivity index is 3.23. The predicted octanol–water partition coefficient (Wildman–Crippen LogP) is 4.32. The molecule has 0 aromatic heterocycles. The van der Waals surface area contributed by atoms with Crippen LogP contribution >= 0.6 is 27.7 Å². The standard InChI is InChI=1S/C12H17BrOS/c1-12(2,3)9-5-8(7-15-4)11(14)10(13)6-9/h5-6,14H,7H2,1-4H3. The van der Waals surface area contributed by atoms with E-state index in [-0.39, 0.29) is 5.41 Å². The van der Waals surface area contributed by atoms with E-state index in [2.05, 4.69) is 42.8 Å². The molecule has 0 unspecified atom stereocenters. The zero-order valence-corrected chi connectivity index (χ0v) is 12.0. The summed E-state index contributed by atoms with van der Waals surface area (Å²) in [6.07, 6.45) is 2.04. The highest BCUT2D eigenvalue weighted by molar-refractivity contribution is 9.10. The van der Waals surface area contributed by atoms with Crippen LogP contribution in [0.4, 0.5) is 0 Å². The van der Waals surface area contributed by atoms with Crippen LogP contribution in [0.5, 0.6) is 5.75 Å². The minimum atomic E-state index is 0.114. The summed E-state index contributed by atoms with van der Waals surface area (Å²) < 4.78 is 0.791. The number of rotatable bonds is 2. The van der Waals surface area contributed by atoms with Gasteiger partial charge < -0.3 is 5.11 Å². The van der Waals surface area contributed by atoms with Gasteiger partial charge in [-0.3, -0.25) is 0 Å². The Labute approximate surface area is 104 Å². The number of hydrogen-bond acceptors (Lipinski definition) is 2. The van der Waals surface area contributed by atoms with Gasteiger partial charge in [0.15, 0.2) is 0 Å². The van der Waals surface area contributed by atoms with Gasteiger partial charge in [0.05, 0.1) is 4.47 Å². The molecule has 0 aliphatic heterocycles. The molecule has 1 aromatic carbocycles. The molecule has 0 amide bonds. The smallest absolute Gasteiger partial charge is 0.133 e. The normalized spacial score (nSPS) is 11.8. The molecule has 0 saturated heterocycles. The van der Waals surface area contributed by atoms with Crippen LogP contribution in [0.15, 0.2) is 16.6 Å². The van der Waals surface area contributed by atoms with Crippen molar-refractivity contribution in [2.24, 2.45) is 0 Å². The summed E-state index contributed by atoms with van der Waals surface area (Å²) in [5, 5.41) is 9.86. The summed E-state index contributed by atoms with van der Waals surface area (Å²) in [4.78, 5) is 0. The maximum absolute atomic E-state index is 9.86. The van der Waals surface area contributed by atoms with Gasteiger partial charge in [0, 0.05) is 11.3 Å². The Bertz CT molecular complexity index is 355. The van der Waals surface area contributed by atoms with Crippen LogP contribution in [-0.4, -0.2) is 11.4 Å². The highest BCUT2D eigenvalue weighted by atomic mass is 79.9. The molecule has 0 aliphatic carbocycles. The number of phenolic OH excluding ortho intramolecular Hbond substituents is 1. The lowest BCUT2D eigenvalue weighted by Gasteiger charge is -2.21. The maximum Gasteiger partial charge on any atom is 0.133 e. The van der Waals surface area contributed by atoms with Crippen molar-refractivity contribution in [3.05, 3.63) is 27.7 Å². The Kier molecular flexibility index (Phi) is 4.13. The molecule has 0 fully saturated rings. The van der Waals surface area contributed by atoms with Crippen molar-refractivity contribution in [1.29, 1.82) is 0 Å². The fourth-order valence-corrected chi connectivity index (χ4v) is 2.39. The van der Waals surface area contributed by atoms with Gasteiger partial charge in [-0.1, -0.05) is 26.8 Å². The van der Waals surface area contributed by atoms with Crippen molar-refractivity contribution in [3.8, 4) is 5.75 Å². The first kappa shape index (κ1) is 12.9. The van der Waals surface area contributed by atoms with E-state index in [1.54, 1.807) is 11.8 Å². The Morgan fingerprint density at radius 3 is 2.40 bits per heavy atom. The molecular formula is C12H17BrOS. The minimum Gasteiger partial charge on any atom is -0.506 e. The number of benzene rings is 1. The van der Waals surface area contributed by atoms with Gasteiger partial charge in [-0.25, -0.2) is 0 Å². The molecule has 1 nitrogen and oxygen atoms in total. The third kappa shape index (κ3) is 3.15. The number of thioether (sulfide) groups is 1. The summed E-state index contributed by atoms with van der Waals surface area (Å²) in [5.41, 5.74) is 2.36. The third-order valence-electron chi connectivity index (χ3n) is 2.31. The van der Waals surface area contributed by atoms with Gasteiger partial charge in [0.25, 0.3) is 0 Å². The van der Waals surface area contributed by atoms with E-state index in [9.17, 15) is 5.11 Å². The zero-order valence-electron chi connectivity index (χ0n) is 9.60. The van der Waals surface area contributed by atoms with Crippen molar-refractivity contribution >= 4 is 27.7 Å². The van der Waals surface area contributed by atoms with Gasteiger partial charge in [-0.15, -0.1) is 0 Å². The summed E-state index contributed by atoms with van der Waals surface area (Å²) >= 11 is 5.12. The Hall–Kier alpha value is -0.150. The van der Waals surface area contributed by atoms with Gasteiger partial charge in [-0.05, 0) is 39.2 Å². The average molecular weight is 289 g/mol. The quantitative estimate of drug-likeness (QED) is 0.875. The highest BCUT2D eigenvalue weighted by Crippen LogP contribution is 2.35. The van der Waals surface area contributed by atoms with E-state index in [0.717, 1.165) is 15.8 Å². The average Bonchev–Trinajstić information content (AvgIpc) is 2.11. The van der Waals surface area contributed by atoms with E-state index >= 15 is 0 Å². The van der Waals surface area contributed by atoms with Crippen molar-refractivity contribution in [1.82, 2.24) is 0 Å². The van der Waals surface area contributed by atoms with Crippen LogP contribution in [0.25, 0.3) is 0 Å². The molecule has 0 heterocycles. The SMILES string of the molecule is CSCc1cc(C(C)(C)C)cc(Br)c1O. The van der Waals surface area contributed by atoms with Gasteiger partial charge in [0.2, 0.25) is 0 Å². The highest BCUT2D eigenvalue weighted by Gasteiger charge is 2.17. The summed E-state index contributed by atoms with van der Waals surface area (Å²) in [7, 11) is 0. The molecule has 1 N–H and O–H groups in total. The summed E-state index contributed by atoms with van der Waals surface area (Å²) in [6.45, 7) is 6.53. The van der Waals surface area contributed by atoms with E-state index in [1.165, 1.54) is 5.56 Å². The van der Waals surface area contributed by atoms with E-state index in [1.807, 2.05) is 12.3 Å². The topological polar surface area (TPSA) is 20.2 Å². The zero-order chi connectivity index (χ0) is 11.6. The van der Waals surface area contributed by atoms with Crippen LogP contribution in [0.3, 0.4) is 0 Å². The molecule has 1 rings (SSSR count). The second-order valence-electron chi connectivity index (χ2n) is 4.65. The molecule has 0 radical (unpaired) electrons. The van der Waals surface area contributed by atoms with E-state index < -0.39 is 0 Å². The first-order valence-corrected chi connectivity index (χ1v) is 7.05. The molecule has 15 heavy (non-hydrogen) atoms. The van der Waals surface area contributed by atoms with Gasteiger partial charge in [-0.2, -0.15) is 11.8 Å². The maximum atomic E-state index is 9.86. The lowest BCUT2D eigenvalue weighted by molar-refractivity contribution is 0.465. The molecule has 3 heteroatoms. The first-order chi connectivity index (χ1) is 6.86. The number of hydrogen-bond donors (Lipinski definition) is 1. The van der Waals surface area contributed by atoms with Crippen LogP contribution in [0, 0.1) is 0 Å². The predicted molar refractivity (Wildman–Crippen MR) is 71.7 cm³/mol. The van der Waals surface area contributed by atoms with Crippen molar-refractivity contribution in [2.45, 2.75) is 31.9 Å². The Morgan fingerprint density at radius 2 is 1.93 bits per heavy atom. The fourth-order valence-electron chi connectivity index (χ4n) is 1.35. The lowest BCUT2D eigenvalue weighted by Crippen LogP contribution is -2.11. The molecule has 0 spiro atoms. The molecule has 0 atom stereocenters. The molecule has 1 aromatic rings. The van der Waals surface area contributed by atoms with Crippen LogP contribution in [0.1, 0.15) is 31.9 Å². The lowest BCUT2D eigenvalue weighted by atomic mass is 9.86. The van der Waals surface area contributed by atoms with Gasteiger partial charge >= 0.3 is 0 Å². The summed E-state index contributed by atoms with van der Waals surface area (Å²) in [6, 6.07) is 4.09. The van der Waals surface area contributed by atoms with Crippen molar-refractivity contribution in [3.63, 3.8) is 0 Å². The molecule has 0 bridgehead atoms. The third-order valence-corrected chi connectivity index (χ3v) is 3.51. The van der Waals surface area contributed by atoms with Crippen molar-refractivity contribution < 1.29 is 5.11 Å². The largest absolute Gasteiger partial charge is 0.506 e. The second kappa shape index (κ2) is 4.79. The first-order valence-electron chi connectivity index (χ1n) is 4.87. The van der Waals surface area contributed by atoms with E-state index in [4.69, 9.17) is 0 Å². The van der Waals surface area contributed by atoms with Crippen molar-refractivity contribution in [2.75, 3.05) is 6.26 Å². The number of phenols is 1. The van der Waals surface area contributed by atoms with E-state index in [0.29, 0.717) is 5.75 Å². The minimum absolute atomic E-state index is 0.114. The van der Waals surface area contributed by atoms with Gasteiger partial charge in [0.1, 0.15) is 5.75 Å².